The monoisotopic (exact) mass is 420 g/mol. The second-order valence-corrected chi connectivity index (χ2v) is 8.99. The lowest BCUT2D eigenvalue weighted by Gasteiger charge is -2.24. The van der Waals surface area contributed by atoms with Crippen molar-refractivity contribution in [2.24, 2.45) is 5.92 Å². The topological polar surface area (TPSA) is 108 Å². The summed E-state index contributed by atoms with van der Waals surface area (Å²) in [4.78, 5) is 10.4. The van der Waals surface area contributed by atoms with Gasteiger partial charge in [0, 0.05) is 24.6 Å². The van der Waals surface area contributed by atoms with E-state index in [4.69, 9.17) is 9.47 Å². The molecule has 156 valence electrons. The number of nitro groups is 1. The highest BCUT2D eigenvalue weighted by Gasteiger charge is 2.27. The van der Waals surface area contributed by atoms with Crippen molar-refractivity contribution < 1.29 is 22.8 Å². The number of non-ortho nitro benzene ring substituents is 1. The highest BCUT2D eigenvalue weighted by molar-refractivity contribution is 7.89. The number of hydrogen-bond acceptors (Lipinski definition) is 6. The number of ether oxygens (including phenoxy) is 2. The fourth-order valence-electron chi connectivity index (χ4n) is 3.18. The number of nitro benzene ring substituents is 1. The lowest BCUT2D eigenvalue weighted by atomic mass is 9.97. The summed E-state index contributed by atoms with van der Waals surface area (Å²) in [5.74, 6) is 1.14. The third kappa shape index (κ3) is 4.68. The maximum absolute atomic E-state index is 13.1. The highest BCUT2D eigenvalue weighted by Crippen LogP contribution is 2.35. The van der Waals surface area contributed by atoms with Gasteiger partial charge in [0.2, 0.25) is 10.0 Å². The molecular formula is C20H24N2O6S. The molecule has 0 aliphatic carbocycles. The standard InChI is InChI=1S/C20H24N2O6S/c1-13(2)20(15-6-8-17-18(11-15)28-10-4-9-27-17)21-29(25,26)19-12-16(22(23)24)7-5-14(19)3/h5-8,11-13,20-21H,4,9-10H2,1-3H3/t20-/m1/s1. The fraction of sp³-hybridized carbons (Fsp3) is 0.400. The number of rotatable bonds is 6. The van der Waals surface area contributed by atoms with E-state index in [-0.39, 0.29) is 16.5 Å². The van der Waals surface area contributed by atoms with Gasteiger partial charge in [-0.15, -0.1) is 0 Å². The minimum absolute atomic E-state index is 0.0754. The van der Waals surface area contributed by atoms with Gasteiger partial charge in [0.25, 0.3) is 5.69 Å². The molecule has 9 heteroatoms. The average Bonchev–Trinajstić information content (AvgIpc) is 2.90. The van der Waals surface area contributed by atoms with Gasteiger partial charge >= 0.3 is 0 Å². The van der Waals surface area contributed by atoms with Crippen LogP contribution < -0.4 is 14.2 Å². The van der Waals surface area contributed by atoms with Crippen LogP contribution in [0.3, 0.4) is 0 Å². The molecule has 1 N–H and O–H groups in total. The Morgan fingerprint density at radius 1 is 1.07 bits per heavy atom. The molecule has 0 unspecified atom stereocenters. The summed E-state index contributed by atoms with van der Waals surface area (Å²) >= 11 is 0. The van der Waals surface area contributed by atoms with Gasteiger partial charge in [-0.3, -0.25) is 10.1 Å². The van der Waals surface area contributed by atoms with Gasteiger partial charge in [0.05, 0.1) is 23.0 Å². The molecule has 0 radical (unpaired) electrons. The van der Waals surface area contributed by atoms with E-state index in [0.29, 0.717) is 30.3 Å². The van der Waals surface area contributed by atoms with Gasteiger partial charge in [0.1, 0.15) is 0 Å². The summed E-state index contributed by atoms with van der Waals surface area (Å²) in [6, 6.07) is 8.63. The van der Waals surface area contributed by atoms with Gasteiger partial charge in [-0.05, 0) is 36.1 Å². The molecule has 0 aromatic heterocycles. The molecule has 0 saturated heterocycles. The normalized spacial score (nSPS) is 15.0. The van der Waals surface area contributed by atoms with Gasteiger partial charge < -0.3 is 9.47 Å². The summed E-state index contributed by atoms with van der Waals surface area (Å²) in [7, 11) is -3.99. The van der Waals surface area contributed by atoms with E-state index < -0.39 is 21.0 Å². The van der Waals surface area contributed by atoms with Crippen LogP contribution in [0.15, 0.2) is 41.3 Å². The first-order chi connectivity index (χ1) is 13.7. The van der Waals surface area contributed by atoms with Crippen molar-refractivity contribution in [3.8, 4) is 11.5 Å². The first-order valence-electron chi connectivity index (χ1n) is 9.36. The van der Waals surface area contributed by atoms with Gasteiger partial charge in [0.15, 0.2) is 11.5 Å². The van der Waals surface area contributed by atoms with E-state index in [1.54, 1.807) is 25.1 Å². The molecule has 8 nitrogen and oxygen atoms in total. The van der Waals surface area contributed by atoms with Crippen LogP contribution in [0.25, 0.3) is 0 Å². The second kappa shape index (κ2) is 8.38. The third-order valence-corrected chi connectivity index (χ3v) is 6.33. The van der Waals surface area contributed by atoms with E-state index in [1.165, 1.54) is 12.1 Å². The van der Waals surface area contributed by atoms with E-state index >= 15 is 0 Å². The molecular weight excluding hydrogens is 396 g/mol. The highest BCUT2D eigenvalue weighted by atomic mass is 32.2. The Hall–Kier alpha value is -2.65. The zero-order chi connectivity index (χ0) is 21.2. The van der Waals surface area contributed by atoms with Crippen LogP contribution in [0, 0.1) is 23.0 Å². The summed E-state index contributed by atoms with van der Waals surface area (Å²) in [6.07, 6.45) is 0.774. The van der Waals surface area contributed by atoms with Crippen molar-refractivity contribution in [1.29, 1.82) is 0 Å². The minimum atomic E-state index is -3.99. The summed E-state index contributed by atoms with van der Waals surface area (Å²) < 4.78 is 40.2. The minimum Gasteiger partial charge on any atom is -0.490 e. The molecule has 2 aromatic carbocycles. The molecule has 1 aliphatic heterocycles. The molecule has 29 heavy (non-hydrogen) atoms. The van der Waals surface area contributed by atoms with Crippen LogP contribution in [0.4, 0.5) is 5.69 Å². The zero-order valence-corrected chi connectivity index (χ0v) is 17.4. The molecule has 0 fully saturated rings. The number of nitrogens with one attached hydrogen (secondary N) is 1. The van der Waals surface area contributed by atoms with E-state index in [0.717, 1.165) is 18.1 Å². The first kappa shape index (κ1) is 21.1. The SMILES string of the molecule is Cc1ccc([N+](=O)[O-])cc1S(=O)(=O)N[C@@H](c1ccc2c(c1)OCCCO2)C(C)C. The summed E-state index contributed by atoms with van der Waals surface area (Å²) in [5.41, 5.74) is 0.896. The van der Waals surface area contributed by atoms with Crippen LogP contribution in [-0.4, -0.2) is 26.6 Å². The van der Waals surface area contributed by atoms with Crippen molar-refractivity contribution in [3.63, 3.8) is 0 Å². The largest absolute Gasteiger partial charge is 0.490 e. The van der Waals surface area contributed by atoms with Crippen molar-refractivity contribution in [3.05, 3.63) is 57.6 Å². The van der Waals surface area contributed by atoms with Crippen LogP contribution >= 0.6 is 0 Å². The van der Waals surface area contributed by atoms with Gasteiger partial charge in [-0.2, -0.15) is 0 Å². The Kier molecular flexibility index (Phi) is 6.09. The van der Waals surface area contributed by atoms with Crippen molar-refractivity contribution in [1.82, 2.24) is 4.72 Å². The lowest BCUT2D eigenvalue weighted by Crippen LogP contribution is -2.32. The lowest BCUT2D eigenvalue weighted by molar-refractivity contribution is -0.385. The average molecular weight is 420 g/mol. The molecule has 0 saturated carbocycles. The Morgan fingerprint density at radius 3 is 2.41 bits per heavy atom. The quantitative estimate of drug-likeness (QED) is 0.563. The first-order valence-corrected chi connectivity index (χ1v) is 10.8. The third-order valence-electron chi connectivity index (χ3n) is 4.75. The van der Waals surface area contributed by atoms with E-state index in [9.17, 15) is 18.5 Å². The van der Waals surface area contributed by atoms with Crippen molar-refractivity contribution in [2.75, 3.05) is 13.2 Å². The predicted molar refractivity (Wildman–Crippen MR) is 108 cm³/mol. The number of nitrogens with zero attached hydrogens (tertiary/aromatic N) is 1. The Bertz CT molecular complexity index is 1020. The molecule has 1 atom stereocenters. The molecule has 0 bridgehead atoms. The molecule has 0 amide bonds. The summed E-state index contributed by atoms with van der Waals surface area (Å²) in [6.45, 7) is 6.50. The van der Waals surface area contributed by atoms with E-state index in [2.05, 4.69) is 4.72 Å². The Morgan fingerprint density at radius 2 is 1.76 bits per heavy atom. The van der Waals surface area contributed by atoms with E-state index in [1.807, 2.05) is 13.8 Å². The van der Waals surface area contributed by atoms with Crippen LogP contribution in [0.1, 0.15) is 37.4 Å². The maximum atomic E-state index is 13.1. The fourth-order valence-corrected chi connectivity index (χ4v) is 4.82. The number of benzene rings is 2. The van der Waals surface area contributed by atoms with Gasteiger partial charge in [-0.1, -0.05) is 26.0 Å². The molecule has 1 aliphatic rings. The van der Waals surface area contributed by atoms with Crippen molar-refractivity contribution in [2.45, 2.75) is 38.1 Å². The molecule has 0 spiro atoms. The van der Waals surface area contributed by atoms with Crippen LogP contribution in [0.2, 0.25) is 0 Å². The maximum Gasteiger partial charge on any atom is 0.270 e. The number of aryl methyl sites for hydroxylation is 1. The van der Waals surface area contributed by atoms with Crippen LogP contribution in [0.5, 0.6) is 11.5 Å². The zero-order valence-electron chi connectivity index (χ0n) is 16.5. The molecule has 3 rings (SSSR count). The number of sulfonamides is 1. The number of fused-ring (bicyclic) bond motifs is 1. The Balaban J connectivity index is 1.96. The van der Waals surface area contributed by atoms with Crippen molar-refractivity contribution >= 4 is 15.7 Å². The Labute approximate surface area is 170 Å². The summed E-state index contributed by atoms with van der Waals surface area (Å²) in [5, 5.41) is 11.1. The molecule has 1 heterocycles. The molecule has 2 aromatic rings. The predicted octanol–water partition coefficient (Wildman–Crippen LogP) is 3.74. The van der Waals surface area contributed by atoms with Gasteiger partial charge in [-0.25, -0.2) is 13.1 Å². The number of hydrogen-bond donors (Lipinski definition) is 1. The smallest absolute Gasteiger partial charge is 0.270 e. The van der Waals surface area contributed by atoms with Crippen LogP contribution in [-0.2, 0) is 10.0 Å². The second-order valence-electron chi connectivity index (χ2n) is 7.31.